The van der Waals surface area contributed by atoms with Gasteiger partial charge in [0.05, 0.1) is 23.9 Å². The lowest BCUT2D eigenvalue weighted by molar-refractivity contribution is 0.800. The maximum Gasteiger partial charge on any atom is 0.219 e. The summed E-state index contributed by atoms with van der Waals surface area (Å²) in [6, 6.07) is 7.98. The van der Waals surface area contributed by atoms with Crippen LogP contribution in [0.25, 0.3) is 11.0 Å². The summed E-state index contributed by atoms with van der Waals surface area (Å²) in [5.74, 6) is 5.27. The molecule has 0 aliphatic heterocycles. The second-order valence-electron chi connectivity index (χ2n) is 3.51. The largest absolute Gasteiger partial charge is 0.324 e. The Balaban J connectivity index is 1.94. The summed E-state index contributed by atoms with van der Waals surface area (Å²) >= 11 is 1.43. The molecule has 17 heavy (non-hydrogen) atoms. The number of hydrogen-bond donors (Lipinski definition) is 2. The number of aromatic nitrogens is 4. The van der Waals surface area contributed by atoms with Crippen LogP contribution in [0.3, 0.4) is 0 Å². The molecule has 0 saturated carbocycles. The molecule has 3 rings (SSSR count). The van der Waals surface area contributed by atoms with Gasteiger partial charge in [-0.2, -0.15) is 0 Å². The number of nitrogens with zero attached hydrogens (tertiary/aromatic N) is 4. The summed E-state index contributed by atoms with van der Waals surface area (Å²) in [4.78, 5) is 4.32. The highest BCUT2D eigenvalue weighted by Gasteiger charge is 2.06. The minimum absolute atomic E-state index is 0.615. The van der Waals surface area contributed by atoms with Gasteiger partial charge >= 0.3 is 0 Å². The number of fused-ring (bicyclic) bond motifs is 1. The van der Waals surface area contributed by atoms with E-state index in [0.717, 1.165) is 16.0 Å². The van der Waals surface area contributed by atoms with Crippen molar-refractivity contribution in [3.05, 3.63) is 35.6 Å². The summed E-state index contributed by atoms with van der Waals surface area (Å²) in [7, 11) is 0. The van der Waals surface area contributed by atoms with E-state index in [1.165, 1.54) is 11.3 Å². The fourth-order valence-corrected chi connectivity index (χ4v) is 2.31. The first-order valence-electron chi connectivity index (χ1n) is 5.05. The van der Waals surface area contributed by atoms with E-state index in [0.29, 0.717) is 11.7 Å². The zero-order chi connectivity index (χ0) is 11.7. The van der Waals surface area contributed by atoms with Crippen LogP contribution in [0.2, 0.25) is 0 Å². The second kappa shape index (κ2) is 4.11. The van der Waals surface area contributed by atoms with Crippen LogP contribution in [0.1, 0.15) is 5.01 Å². The second-order valence-corrected chi connectivity index (χ2v) is 4.57. The van der Waals surface area contributed by atoms with Gasteiger partial charge in [0.1, 0.15) is 5.01 Å². The topological polar surface area (TPSA) is 81.6 Å². The number of rotatable bonds is 3. The summed E-state index contributed by atoms with van der Waals surface area (Å²) in [5.41, 5.74) is 4.55. The number of nitrogens with one attached hydrogen (secondary N) is 1. The molecule has 0 atom stereocenters. The van der Waals surface area contributed by atoms with Crippen LogP contribution in [0.5, 0.6) is 0 Å². The first-order valence-corrected chi connectivity index (χ1v) is 5.87. The molecule has 0 spiro atoms. The smallest absolute Gasteiger partial charge is 0.219 e. The lowest BCUT2D eigenvalue weighted by atomic mass is 10.3. The van der Waals surface area contributed by atoms with Gasteiger partial charge in [0.25, 0.3) is 0 Å². The fourth-order valence-electron chi connectivity index (χ4n) is 1.66. The lowest BCUT2D eigenvalue weighted by Crippen LogP contribution is -2.05. The van der Waals surface area contributed by atoms with E-state index in [4.69, 9.17) is 5.84 Å². The van der Waals surface area contributed by atoms with Crippen LogP contribution in [0, 0.1) is 0 Å². The monoisotopic (exact) mass is 246 g/mol. The van der Waals surface area contributed by atoms with Crippen molar-refractivity contribution in [2.45, 2.75) is 6.54 Å². The number of para-hydroxylation sites is 2. The number of hydrazine groups is 1. The molecule has 0 bridgehead atoms. The Labute approximate surface area is 101 Å². The van der Waals surface area contributed by atoms with Gasteiger partial charge in [0, 0.05) is 0 Å². The third-order valence-electron chi connectivity index (χ3n) is 2.42. The van der Waals surface area contributed by atoms with Crippen LogP contribution >= 0.6 is 11.3 Å². The van der Waals surface area contributed by atoms with Gasteiger partial charge in [-0.3, -0.25) is 5.43 Å². The molecule has 1 aromatic carbocycles. The fraction of sp³-hybridized carbons (Fsp3) is 0.100. The standard InChI is InChI=1S/C10H10N6S/c11-13-10-15-14-9(17-10)5-16-6-12-7-3-1-2-4-8(7)16/h1-4,6H,5,11H2,(H,13,15). The highest BCUT2D eigenvalue weighted by atomic mass is 32.1. The predicted octanol–water partition coefficient (Wildman–Crippen LogP) is 1.22. The zero-order valence-electron chi connectivity index (χ0n) is 8.87. The minimum atomic E-state index is 0.615. The summed E-state index contributed by atoms with van der Waals surface area (Å²) in [6.07, 6.45) is 1.81. The Bertz CT molecular complexity index is 643. The summed E-state index contributed by atoms with van der Waals surface area (Å²) in [6.45, 7) is 0.653. The molecule has 0 aliphatic carbocycles. The molecule has 3 aromatic rings. The van der Waals surface area contributed by atoms with E-state index < -0.39 is 0 Å². The third kappa shape index (κ3) is 1.85. The molecule has 0 amide bonds. The van der Waals surface area contributed by atoms with Gasteiger partial charge in [-0.05, 0) is 12.1 Å². The van der Waals surface area contributed by atoms with E-state index in [2.05, 4.69) is 20.6 Å². The van der Waals surface area contributed by atoms with Crippen molar-refractivity contribution in [1.82, 2.24) is 19.7 Å². The number of benzene rings is 1. The molecular weight excluding hydrogens is 236 g/mol. The van der Waals surface area contributed by atoms with Crippen molar-refractivity contribution in [3.8, 4) is 0 Å². The molecule has 0 fully saturated rings. The van der Waals surface area contributed by atoms with Gasteiger partial charge in [-0.25, -0.2) is 10.8 Å². The lowest BCUT2D eigenvalue weighted by Gasteiger charge is -1.99. The van der Waals surface area contributed by atoms with Gasteiger partial charge in [0.2, 0.25) is 5.13 Å². The van der Waals surface area contributed by atoms with E-state index >= 15 is 0 Å². The summed E-state index contributed by atoms with van der Waals surface area (Å²) in [5, 5.41) is 9.45. The Kier molecular flexibility index (Phi) is 2.46. The van der Waals surface area contributed by atoms with Crippen LogP contribution < -0.4 is 11.3 Å². The van der Waals surface area contributed by atoms with Crippen molar-refractivity contribution in [2.24, 2.45) is 5.84 Å². The van der Waals surface area contributed by atoms with Crippen LogP contribution in [0.15, 0.2) is 30.6 Å². The average molecular weight is 246 g/mol. The van der Waals surface area contributed by atoms with Crippen LogP contribution in [-0.4, -0.2) is 19.7 Å². The number of imidazole rings is 1. The Morgan fingerprint density at radius 3 is 3.00 bits per heavy atom. The van der Waals surface area contributed by atoms with Crippen molar-refractivity contribution in [2.75, 3.05) is 5.43 Å². The third-order valence-corrected chi connectivity index (χ3v) is 3.26. The van der Waals surface area contributed by atoms with E-state index in [-0.39, 0.29) is 0 Å². The Hall–Kier alpha value is -1.99. The number of nitrogen functional groups attached to an aromatic ring is 1. The molecule has 2 heterocycles. The average Bonchev–Trinajstić information content (AvgIpc) is 2.97. The van der Waals surface area contributed by atoms with Crippen LogP contribution in [0.4, 0.5) is 5.13 Å². The summed E-state index contributed by atoms with van der Waals surface area (Å²) < 4.78 is 2.04. The number of hydrogen-bond acceptors (Lipinski definition) is 6. The maximum atomic E-state index is 5.27. The number of nitrogens with two attached hydrogens (primary N) is 1. The van der Waals surface area contributed by atoms with Gasteiger partial charge in [-0.15, -0.1) is 10.2 Å². The molecule has 0 aliphatic rings. The zero-order valence-corrected chi connectivity index (χ0v) is 9.68. The van der Waals surface area contributed by atoms with Gasteiger partial charge < -0.3 is 4.57 Å². The van der Waals surface area contributed by atoms with Gasteiger partial charge in [-0.1, -0.05) is 23.5 Å². The quantitative estimate of drug-likeness (QED) is 0.536. The van der Waals surface area contributed by atoms with E-state index in [1.807, 2.05) is 35.2 Å². The molecule has 0 radical (unpaired) electrons. The first kappa shape index (κ1) is 10.2. The van der Waals surface area contributed by atoms with E-state index in [1.54, 1.807) is 0 Å². The molecule has 0 saturated heterocycles. The number of anilines is 1. The molecule has 7 heteroatoms. The Morgan fingerprint density at radius 2 is 2.18 bits per heavy atom. The Morgan fingerprint density at radius 1 is 1.29 bits per heavy atom. The van der Waals surface area contributed by atoms with Crippen molar-refractivity contribution >= 4 is 27.5 Å². The molecule has 6 nitrogen and oxygen atoms in total. The minimum Gasteiger partial charge on any atom is -0.324 e. The maximum absolute atomic E-state index is 5.27. The SMILES string of the molecule is NNc1nnc(Cn2cnc3ccccc32)s1. The normalized spacial score (nSPS) is 10.9. The van der Waals surface area contributed by atoms with Crippen molar-refractivity contribution in [1.29, 1.82) is 0 Å². The molecule has 0 unspecified atom stereocenters. The van der Waals surface area contributed by atoms with Crippen LogP contribution in [-0.2, 0) is 6.54 Å². The highest BCUT2D eigenvalue weighted by Crippen LogP contribution is 2.18. The molecule has 2 aromatic heterocycles. The highest BCUT2D eigenvalue weighted by molar-refractivity contribution is 7.15. The van der Waals surface area contributed by atoms with Crippen molar-refractivity contribution in [3.63, 3.8) is 0 Å². The molecule has 3 N–H and O–H groups in total. The van der Waals surface area contributed by atoms with E-state index in [9.17, 15) is 0 Å². The molecule has 86 valence electrons. The first-order chi connectivity index (χ1) is 8.36. The van der Waals surface area contributed by atoms with Crippen molar-refractivity contribution < 1.29 is 0 Å². The predicted molar refractivity (Wildman–Crippen MR) is 66.6 cm³/mol. The molecular formula is C10H10N6S. The van der Waals surface area contributed by atoms with Gasteiger partial charge in [0.15, 0.2) is 0 Å².